The number of rotatable bonds is 8. The maximum absolute atomic E-state index is 12.4. The molecule has 0 aliphatic carbocycles. The summed E-state index contributed by atoms with van der Waals surface area (Å²) in [6.07, 6.45) is -2.06. The van der Waals surface area contributed by atoms with Crippen molar-refractivity contribution in [3.63, 3.8) is 0 Å². The number of nitrogens with zero attached hydrogens (tertiary/aromatic N) is 7. The first-order chi connectivity index (χ1) is 16.6. The van der Waals surface area contributed by atoms with E-state index in [1.54, 1.807) is 13.0 Å². The molecule has 0 bridgehead atoms. The van der Waals surface area contributed by atoms with Crippen molar-refractivity contribution in [3.8, 4) is 0 Å². The monoisotopic (exact) mass is 494 g/mol. The first kappa shape index (κ1) is 24.6. The lowest BCUT2D eigenvalue weighted by Gasteiger charge is -2.30. The zero-order valence-corrected chi connectivity index (χ0v) is 19.2. The van der Waals surface area contributed by atoms with E-state index in [0.717, 1.165) is 5.69 Å². The van der Waals surface area contributed by atoms with Gasteiger partial charge >= 0.3 is 12.1 Å². The molecule has 0 spiro atoms. The van der Waals surface area contributed by atoms with Crippen LogP contribution in [-0.4, -0.2) is 73.3 Å². The molecule has 35 heavy (non-hydrogen) atoms. The predicted molar refractivity (Wildman–Crippen MR) is 120 cm³/mol. The number of aromatic nitrogens is 6. The number of anilines is 3. The highest BCUT2D eigenvalue weighted by Crippen LogP contribution is 2.30. The molecule has 2 N–H and O–H groups in total. The second-order valence-electron chi connectivity index (χ2n) is 8.31. The average molecular weight is 494 g/mol. The standard InChI is InChI=1S/C21H25F3N8O3/c1-12-9-15(26-11-25-12)27-18-17-16(13(2)30-32(17)7-8-35-10-21(22,23)24)28-20(29-18)31-5-3-14(4-6-31)19(33)34/h9,11,14H,3-8,10H2,1-2H3,(H,33,34)(H,25,26,27,28,29). The molecule has 3 aromatic rings. The molecule has 1 aliphatic heterocycles. The topological polar surface area (TPSA) is 131 Å². The van der Waals surface area contributed by atoms with Crippen LogP contribution >= 0.6 is 0 Å². The second-order valence-corrected chi connectivity index (χ2v) is 8.31. The number of carboxylic acids is 1. The summed E-state index contributed by atoms with van der Waals surface area (Å²) in [5, 5.41) is 16.9. The molecule has 4 heterocycles. The summed E-state index contributed by atoms with van der Waals surface area (Å²) in [5.41, 5.74) is 2.33. The molecule has 1 aliphatic rings. The van der Waals surface area contributed by atoms with Gasteiger partial charge in [0, 0.05) is 24.8 Å². The van der Waals surface area contributed by atoms with Gasteiger partial charge in [0.1, 0.15) is 29.8 Å². The Kier molecular flexibility index (Phi) is 7.00. The highest BCUT2D eigenvalue weighted by molar-refractivity contribution is 5.90. The zero-order valence-electron chi connectivity index (χ0n) is 19.2. The van der Waals surface area contributed by atoms with Crippen LogP contribution in [0.25, 0.3) is 11.0 Å². The van der Waals surface area contributed by atoms with E-state index in [1.807, 2.05) is 11.8 Å². The molecule has 0 aromatic carbocycles. The van der Waals surface area contributed by atoms with Gasteiger partial charge in [-0.2, -0.15) is 23.3 Å². The third-order valence-corrected chi connectivity index (χ3v) is 5.63. The molecule has 0 saturated carbocycles. The summed E-state index contributed by atoms with van der Waals surface area (Å²) < 4.78 is 43.6. The highest BCUT2D eigenvalue weighted by atomic mass is 19.4. The fourth-order valence-electron chi connectivity index (χ4n) is 3.92. The molecule has 14 heteroatoms. The van der Waals surface area contributed by atoms with Crippen molar-refractivity contribution in [3.05, 3.63) is 23.8 Å². The molecule has 0 radical (unpaired) electrons. The van der Waals surface area contributed by atoms with Crippen molar-refractivity contribution >= 4 is 34.6 Å². The van der Waals surface area contributed by atoms with Crippen molar-refractivity contribution < 1.29 is 27.8 Å². The molecular weight excluding hydrogens is 469 g/mol. The fourth-order valence-corrected chi connectivity index (χ4v) is 3.92. The van der Waals surface area contributed by atoms with Crippen LogP contribution in [-0.2, 0) is 16.1 Å². The van der Waals surface area contributed by atoms with Crippen LogP contribution in [0.2, 0.25) is 0 Å². The number of halogens is 3. The van der Waals surface area contributed by atoms with Crippen LogP contribution in [0.15, 0.2) is 12.4 Å². The molecule has 1 saturated heterocycles. The van der Waals surface area contributed by atoms with Crippen molar-refractivity contribution in [2.45, 2.75) is 39.4 Å². The third kappa shape index (κ3) is 5.93. The minimum absolute atomic E-state index is 0.0601. The Balaban J connectivity index is 1.67. The highest BCUT2D eigenvalue weighted by Gasteiger charge is 2.28. The van der Waals surface area contributed by atoms with Gasteiger partial charge in [-0.3, -0.25) is 9.48 Å². The molecule has 1 fully saturated rings. The Bertz CT molecular complexity index is 1210. The van der Waals surface area contributed by atoms with Crippen molar-refractivity contribution in [2.24, 2.45) is 5.92 Å². The van der Waals surface area contributed by atoms with Crippen molar-refractivity contribution in [2.75, 3.05) is 36.5 Å². The van der Waals surface area contributed by atoms with Crippen LogP contribution in [0, 0.1) is 19.8 Å². The van der Waals surface area contributed by atoms with Gasteiger partial charge in [-0.1, -0.05) is 0 Å². The number of aliphatic carboxylic acids is 1. The summed E-state index contributed by atoms with van der Waals surface area (Å²) in [6.45, 7) is 3.04. The number of carboxylic acid groups (broad SMARTS) is 1. The van der Waals surface area contributed by atoms with Crippen molar-refractivity contribution in [1.82, 2.24) is 29.7 Å². The molecule has 0 unspecified atom stereocenters. The Morgan fingerprint density at radius 1 is 1.23 bits per heavy atom. The maximum Gasteiger partial charge on any atom is 0.411 e. The van der Waals surface area contributed by atoms with E-state index in [4.69, 9.17) is 4.74 Å². The molecular formula is C21H25F3N8O3. The van der Waals surface area contributed by atoms with E-state index in [2.05, 4.69) is 30.4 Å². The molecule has 3 aromatic heterocycles. The summed E-state index contributed by atoms with van der Waals surface area (Å²) in [6, 6.07) is 1.73. The number of nitrogens with one attached hydrogen (secondary N) is 1. The fraction of sp³-hybridized carbons (Fsp3) is 0.524. The Labute approximate surface area is 198 Å². The summed E-state index contributed by atoms with van der Waals surface area (Å²) in [5.74, 6) is 0.0438. The van der Waals surface area contributed by atoms with Gasteiger partial charge in [0.15, 0.2) is 5.82 Å². The maximum atomic E-state index is 12.4. The zero-order chi connectivity index (χ0) is 25.2. The normalized spacial score (nSPS) is 15.1. The number of aryl methyl sites for hydroxylation is 2. The van der Waals surface area contributed by atoms with Gasteiger partial charge in [-0.05, 0) is 26.7 Å². The first-order valence-corrected chi connectivity index (χ1v) is 11.0. The van der Waals surface area contributed by atoms with Gasteiger partial charge in [-0.25, -0.2) is 15.0 Å². The van der Waals surface area contributed by atoms with E-state index < -0.39 is 24.7 Å². The number of alkyl halides is 3. The van der Waals surface area contributed by atoms with E-state index >= 15 is 0 Å². The Hall–Kier alpha value is -3.55. The molecule has 11 nitrogen and oxygen atoms in total. The van der Waals surface area contributed by atoms with E-state index in [0.29, 0.717) is 60.2 Å². The van der Waals surface area contributed by atoms with E-state index in [1.165, 1.54) is 11.0 Å². The summed E-state index contributed by atoms with van der Waals surface area (Å²) in [7, 11) is 0. The summed E-state index contributed by atoms with van der Waals surface area (Å²) in [4.78, 5) is 30.9. The largest absolute Gasteiger partial charge is 0.481 e. The SMILES string of the molecule is Cc1cc(Nc2nc(N3CCC(C(=O)O)CC3)nc3c(C)nn(CCOCC(F)(F)F)c23)ncn1. The third-order valence-electron chi connectivity index (χ3n) is 5.63. The van der Waals surface area contributed by atoms with Gasteiger partial charge in [0.2, 0.25) is 5.95 Å². The Morgan fingerprint density at radius 2 is 1.97 bits per heavy atom. The van der Waals surface area contributed by atoms with E-state index in [9.17, 15) is 23.1 Å². The molecule has 0 amide bonds. The smallest absolute Gasteiger partial charge is 0.411 e. The lowest BCUT2D eigenvalue weighted by atomic mass is 9.97. The number of ether oxygens (including phenoxy) is 1. The first-order valence-electron chi connectivity index (χ1n) is 11.0. The average Bonchev–Trinajstić information content (AvgIpc) is 3.12. The predicted octanol–water partition coefficient (Wildman–Crippen LogP) is 2.86. The van der Waals surface area contributed by atoms with Crippen LogP contribution < -0.4 is 10.2 Å². The lowest BCUT2D eigenvalue weighted by Crippen LogP contribution is -2.37. The molecule has 0 atom stereocenters. The van der Waals surface area contributed by atoms with Gasteiger partial charge in [0.05, 0.1) is 24.8 Å². The van der Waals surface area contributed by atoms with E-state index in [-0.39, 0.29) is 13.2 Å². The lowest BCUT2D eigenvalue weighted by molar-refractivity contribution is -0.174. The quantitative estimate of drug-likeness (QED) is 0.451. The Morgan fingerprint density at radius 3 is 2.63 bits per heavy atom. The van der Waals surface area contributed by atoms with Gasteiger partial charge in [-0.15, -0.1) is 0 Å². The number of carbonyl (C=O) groups is 1. The number of hydrogen-bond donors (Lipinski definition) is 2. The van der Waals surface area contributed by atoms with Crippen LogP contribution in [0.4, 0.5) is 30.8 Å². The minimum atomic E-state index is -4.41. The number of hydrogen-bond acceptors (Lipinski definition) is 9. The van der Waals surface area contributed by atoms with Gasteiger partial charge in [0.25, 0.3) is 0 Å². The van der Waals surface area contributed by atoms with Gasteiger partial charge < -0.3 is 20.1 Å². The summed E-state index contributed by atoms with van der Waals surface area (Å²) >= 11 is 0. The van der Waals surface area contributed by atoms with Crippen LogP contribution in [0.5, 0.6) is 0 Å². The minimum Gasteiger partial charge on any atom is -0.481 e. The van der Waals surface area contributed by atoms with Crippen molar-refractivity contribution in [1.29, 1.82) is 0 Å². The molecule has 188 valence electrons. The van der Waals surface area contributed by atoms with Crippen LogP contribution in [0.3, 0.4) is 0 Å². The second kappa shape index (κ2) is 9.98. The van der Waals surface area contributed by atoms with Crippen LogP contribution in [0.1, 0.15) is 24.2 Å². The molecule has 4 rings (SSSR count). The number of fused-ring (bicyclic) bond motifs is 1. The number of piperidine rings is 1.